The van der Waals surface area contributed by atoms with Crippen LogP contribution in [-0.4, -0.2) is 17.1 Å². The van der Waals surface area contributed by atoms with Crippen molar-refractivity contribution < 1.29 is 9.90 Å². The summed E-state index contributed by atoms with van der Waals surface area (Å²) < 4.78 is 0. The Labute approximate surface area is 152 Å². The van der Waals surface area contributed by atoms with E-state index in [9.17, 15) is 9.90 Å². The molecule has 1 aliphatic heterocycles. The lowest BCUT2D eigenvalue weighted by molar-refractivity contribution is -0.124. The highest BCUT2D eigenvalue weighted by Crippen LogP contribution is 2.40. The maximum Gasteiger partial charge on any atom is 0.245 e. The SMILES string of the molecule is O=C1Nc2ccccc2[C@](O)(c2ccccc2)[C@H]1NCc1ccccc1. The van der Waals surface area contributed by atoms with Gasteiger partial charge >= 0.3 is 0 Å². The van der Waals surface area contributed by atoms with Crippen molar-refractivity contribution in [1.29, 1.82) is 0 Å². The van der Waals surface area contributed by atoms with Gasteiger partial charge in [0.2, 0.25) is 5.91 Å². The minimum atomic E-state index is -1.45. The molecule has 0 fully saturated rings. The second-order valence-electron chi connectivity index (χ2n) is 6.47. The van der Waals surface area contributed by atoms with Gasteiger partial charge in [-0.15, -0.1) is 0 Å². The standard InChI is InChI=1S/C22H20N2O2/c25-21-20(23-15-16-9-3-1-4-10-16)22(26,17-11-5-2-6-12-17)18-13-7-8-14-19(18)24-21/h1-14,20,23,26H,15H2,(H,24,25)/t20-,22+/m0/s1. The summed E-state index contributed by atoms with van der Waals surface area (Å²) in [7, 11) is 0. The third-order valence-corrected chi connectivity index (χ3v) is 4.84. The summed E-state index contributed by atoms with van der Waals surface area (Å²) in [6, 6.07) is 25.8. The van der Waals surface area contributed by atoms with Crippen molar-refractivity contribution in [3.05, 3.63) is 102 Å². The molecule has 1 heterocycles. The molecule has 0 bridgehead atoms. The number of benzene rings is 3. The lowest BCUT2D eigenvalue weighted by atomic mass is 9.76. The molecular weight excluding hydrogens is 324 g/mol. The van der Waals surface area contributed by atoms with Gasteiger partial charge in [0.25, 0.3) is 0 Å². The van der Waals surface area contributed by atoms with Crippen LogP contribution < -0.4 is 10.6 Å². The number of aliphatic hydroxyl groups is 1. The number of anilines is 1. The van der Waals surface area contributed by atoms with Crippen LogP contribution in [0.5, 0.6) is 0 Å². The number of hydrogen-bond acceptors (Lipinski definition) is 3. The fraction of sp³-hybridized carbons (Fsp3) is 0.136. The molecule has 1 amide bonds. The Morgan fingerprint density at radius 3 is 2.23 bits per heavy atom. The average molecular weight is 344 g/mol. The number of carbonyl (C=O) groups excluding carboxylic acids is 1. The number of carbonyl (C=O) groups is 1. The van der Waals surface area contributed by atoms with E-state index in [-0.39, 0.29) is 5.91 Å². The van der Waals surface area contributed by atoms with E-state index in [0.29, 0.717) is 23.4 Å². The van der Waals surface area contributed by atoms with Gasteiger partial charge in [0, 0.05) is 17.8 Å². The molecule has 3 aromatic carbocycles. The molecule has 130 valence electrons. The van der Waals surface area contributed by atoms with Crippen molar-refractivity contribution >= 4 is 11.6 Å². The summed E-state index contributed by atoms with van der Waals surface area (Å²) >= 11 is 0. The summed E-state index contributed by atoms with van der Waals surface area (Å²) in [5.41, 5.74) is 1.62. The Bertz CT molecular complexity index is 912. The minimum absolute atomic E-state index is 0.244. The van der Waals surface area contributed by atoms with Crippen molar-refractivity contribution in [3.8, 4) is 0 Å². The molecule has 4 rings (SSSR count). The molecule has 0 unspecified atom stereocenters. The molecule has 0 aliphatic carbocycles. The molecule has 1 aliphatic rings. The Balaban J connectivity index is 1.77. The third kappa shape index (κ3) is 2.79. The lowest BCUT2D eigenvalue weighted by Gasteiger charge is -2.41. The van der Waals surface area contributed by atoms with Gasteiger partial charge in [0.05, 0.1) is 0 Å². The zero-order valence-electron chi connectivity index (χ0n) is 14.2. The Hall–Kier alpha value is -2.95. The smallest absolute Gasteiger partial charge is 0.245 e. The van der Waals surface area contributed by atoms with E-state index in [1.54, 1.807) is 0 Å². The largest absolute Gasteiger partial charge is 0.378 e. The molecule has 0 aromatic heterocycles. The van der Waals surface area contributed by atoms with Crippen molar-refractivity contribution in [1.82, 2.24) is 5.32 Å². The van der Waals surface area contributed by atoms with Gasteiger partial charge in [-0.3, -0.25) is 10.1 Å². The Morgan fingerprint density at radius 1 is 0.885 bits per heavy atom. The molecule has 0 saturated heterocycles. The van der Waals surface area contributed by atoms with E-state index in [2.05, 4.69) is 10.6 Å². The summed E-state index contributed by atoms with van der Waals surface area (Å²) in [6.45, 7) is 0.482. The molecule has 26 heavy (non-hydrogen) atoms. The summed E-state index contributed by atoms with van der Waals surface area (Å²) in [6.07, 6.45) is 0. The quantitative estimate of drug-likeness (QED) is 0.682. The van der Waals surface area contributed by atoms with Gasteiger partial charge in [-0.25, -0.2) is 0 Å². The van der Waals surface area contributed by atoms with E-state index in [1.807, 2.05) is 84.9 Å². The van der Waals surface area contributed by atoms with Gasteiger partial charge in [-0.05, 0) is 17.2 Å². The molecular formula is C22H20N2O2. The van der Waals surface area contributed by atoms with Crippen LogP contribution in [0, 0.1) is 0 Å². The molecule has 4 heteroatoms. The predicted molar refractivity (Wildman–Crippen MR) is 102 cm³/mol. The van der Waals surface area contributed by atoms with Crippen molar-refractivity contribution in [3.63, 3.8) is 0 Å². The number of amides is 1. The van der Waals surface area contributed by atoms with E-state index >= 15 is 0 Å². The molecule has 0 spiro atoms. The highest BCUT2D eigenvalue weighted by molar-refractivity contribution is 6.00. The summed E-state index contributed by atoms with van der Waals surface area (Å²) in [4.78, 5) is 12.8. The number of nitrogens with one attached hydrogen (secondary N) is 2. The highest BCUT2D eigenvalue weighted by atomic mass is 16.3. The summed E-state index contributed by atoms with van der Waals surface area (Å²) in [5, 5.41) is 17.9. The number of rotatable bonds is 4. The summed E-state index contributed by atoms with van der Waals surface area (Å²) in [5.74, 6) is -0.244. The molecule has 4 nitrogen and oxygen atoms in total. The molecule has 3 N–H and O–H groups in total. The first-order valence-electron chi connectivity index (χ1n) is 8.65. The molecule has 3 aromatic rings. The van der Waals surface area contributed by atoms with Gasteiger partial charge in [-0.2, -0.15) is 0 Å². The minimum Gasteiger partial charge on any atom is -0.378 e. The van der Waals surface area contributed by atoms with Crippen molar-refractivity contribution in [2.75, 3.05) is 5.32 Å². The van der Waals surface area contributed by atoms with Gasteiger partial charge in [0.15, 0.2) is 0 Å². The average Bonchev–Trinajstić information content (AvgIpc) is 2.69. The fourth-order valence-electron chi connectivity index (χ4n) is 3.55. The van der Waals surface area contributed by atoms with Gasteiger partial charge in [0.1, 0.15) is 11.6 Å². The predicted octanol–water partition coefficient (Wildman–Crippen LogP) is 3.03. The van der Waals surface area contributed by atoms with Gasteiger partial charge in [-0.1, -0.05) is 78.9 Å². The van der Waals surface area contributed by atoms with Crippen LogP contribution in [0.15, 0.2) is 84.9 Å². The van der Waals surface area contributed by atoms with Crippen LogP contribution in [0.1, 0.15) is 16.7 Å². The van der Waals surface area contributed by atoms with E-state index in [4.69, 9.17) is 0 Å². The first-order valence-corrected chi connectivity index (χ1v) is 8.65. The second-order valence-corrected chi connectivity index (χ2v) is 6.47. The maximum absolute atomic E-state index is 12.8. The normalized spacial score (nSPS) is 21.7. The van der Waals surface area contributed by atoms with E-state index in [1.165, 1.54) is 0 Å². The Morgan fingerprint density at radius 2 is 1.50 bits per heavy atom. The topological polar surface area (TPSA) is 61.4 Å². The highest BCUT2D eigenvalue weighted by Gasteiger charge is 2.48. The monoisotopic (exact) mass is 344 g/mol. The third-order valence-electron chi connectivity index (χ3n) is 4.84. The zero-order chi connectivity index (χ0) is 18.0. The van der Waals surface area contributed by atoms with Crippen LogP contribution in [0.4, 0.5) is 5.69 Å². The molecule has 0 saturated carbocycles. The number of fused-ring (bicyclic) bond motifs is 1. The van der Waals surface area contributed by atoms with Gasteiger partial charge < -0.3 is 10.4 Å². The van der Waals surface area contributed by atoms with Crippen molar-refractivity contribution in [2.24, 2.45) is 0 Å². The Kier molecular flexibility index (Phi) is 4.29. The molecule has 0 radical (unpaired) electrons. The van der Waals surface area contributed by atoms with Crippen LogP contribution >= 0.6 is 0 Å². The van der Waals surface area contributed by atoms with Crippen molar-refractivity contribution in [2.45, 2.75) is 18.2 Å². The van der Waals surface area contributed by atoms with Crippen LogP contribution in [0.25, 0.3) is 0 Å². The first-order chi connectivity index (χ1) is 12.7. The lowest BCUT2D eigenvalue weighted by Crippen LogP contribution is -2.58. The first kappa shape index (κ1) is 16.5. The maximum atomic E-state index is 12.8. The van der Waals surface area contributed by atoms with Crippen LogP contribution in [-0.2, 0) is 16.9 Å². The number of hydrogen-bond donors (Lipinski definition) is 3. The van der Waals surface area contributed by atoms with Crippen LogP contribution in [0.3, 0.4) is 0 Å². The number of para-hydroxylation sites is 1. The fourth-order valence-corrected chi connectivity index (χ4v) is 3.55. The molecule has 2 atom stereocenters. The second kappa shape index (κ2) is 6.75. The van der Waals surface area contributed by atoms with E-state index < -0.39 is 11.6 Å². The van der Waals surface area contributed by atoms with Crippen LogP contribution in [0.2, 0.25) is 0 Å². The van der Waals surface area contributed by atoms with E-state index in [0.717, 1.165) is 5.56 Å². The zero-order valence-corrected chi connectivity index (χ0v) is 14.2.